The van der Waals surface area contributed by atoms with Gasteiger partial charge in [-0.1, -0.05) is 13.8 Å². The fourth-order valence-electron chi connectivity index (χ4n) is 2.13. The standard InChI is InChI=1S/C17H27N3O2/c1-6-10-20(11-7-2)16(22)13-8-9-18-14(12-13)15(21)19-17(3,4)5/h8-9,12H,6-7,10-11H2,1-5H3,(H,19,21). The third-order valence-electron chi connectivity index (χ3n) is 3.00. The van der Waals surface area contributed by atoms with Crippen LogP contribution in [0.25, 0.3) is 0 Å². The lowest BCUT2D eigenvalue weighted by atomic mass is 10.1. The first kappa shape index (κ1) is 18.1. The molecule has 0 saturated heterocycles. The largest absolute Gasteiger partial charge is 0.346 e. The number of amides is 2. The van der Waals surface area contributed by atoms with Crippen LogP contribution >= 0.6 is 0 Å². The molecular weight excluding hydrogens is 278 g/mol. The predicted molar refractivity (Wildman–Crippen MR) is 87.9 cm³/mol. The molecule has 0 radical (unpaired) electrons. The van der Waals surface area contributed by atoms with Crippen LogP contribution in [0, 0.1) is 0 Å². The molecule has 0 aromatic carbocycles. The zero-order chi connectivity index (χ0) is 16.8. The normalized spacial score (nSPS) is 11.1. The van der Waals surface area contributed by atoms with Crippen LogP contribution in [0.4, 0.5) is 0 Å². The Morgan fingerprint density at radius 1 is 1.18 bits per heavy atom. The summed E-state index contributed by atoms with van der Waals surface area (Å²) in [7, 11) is 0. The number of nitrogens with one attached hydrogen (secondary N) is 1. The van der Waals surface area contributed by atoms with Crippen LogP contribution in [0.5, 0.6) is 0 Å². The van der Waals surface area contributed by atoms with Gasteiger partial charge in [-0.15, -0.1) is 0 Å². The van der Waals surface area contributed by atoms with Crippen molar-refractivity contribution in [3.05, 3.63) is 29.6 Å². The molecule has 0 spiro atoms. The lowest BCUT2D eigenvalue weighted by Gasteiger charge is -2.22. The minimum Gasteiger partial charge on any atom is -0.346 e. The first-order valence-corrected chi connectivity index (χ1v) is 7.86. The Balaban J connectivity index is 2.95. The number of hydrogen-bond donors (Lipinski definition) is 1. The van der Waals surface area contributed by atoms with Crippen LogP contribution in [0.15, 0.2) is 18.3 Å². The fraction of sp³-hybridized carbons (Fsp3) is 0.588. The Morgan fingerprint density at radius 2 is 1.77 bits per heavy atom. The van der Waals surface area contributed by atoms with E-state index < -0.39 is 0 Å². The molecule has 22 heavy (non-hydrogen) atoms. The van der Waals surface area contributed by atoms with Crippen LogP contribution in [0.2, 0.25) is 0 Å². The van der Waals surface area contributed by atoms with Gasteiger partial charge in [-0.2, -0.15) is 0 Å². The number of rotatable bonds is 6. The first-order valence-electron chi connectivity index (χ1n) is 7.86. The highest BCUT2D eigenvalue weighted by atomic mass is 16.2. The molecular formula is C17H27N3O2. The van der Waals surface area contributed by atoms with E-state index in [2.05, 4.69) is 10.3 Å². The van der Waals surface area contributed by atoms with Gasteiger partial charge in [0.2, 0.25) is 0 Å². The van der Waals surface area contributed by atoms with E-state index in [0.717, 1.165) is 25.9 Å². The number of pyridine rings is 1. The number of hydrogen-bond acceptors (Lipinski definition) is 3. The van der Waals surface area contributed by atoms with Crippen molar-refractivity contribution in [1.82, 2.24) is 15.2 Å². The minimum atomic E-state index is -0.338. The molecule has 1 rings (SSSR count). The van der Waals surface area contributed by atoms with Gasteiger partial charge in [0.1, 0.15) is 5.69 Å². The number of carbonyl (C=O) groups excluding carboxylic acids is 2. The van der Waals surface area contributed by atoms with E-state index in [1.807, 2.05) is 39.5 Å². The van der Waals surface area contributed by atoms with Gasteiger partial charge < -0.3 is 10.2 Å². The second kappa shape index (κ2) is 7.92. The topological polar surface area (TPSA) is 62.3 Å². The van der Waals surface area contributed by atoms with Crippen LogP contribution in [-0.4, -0.2) is 40.3 Å². The predicted octanol–water partition coefficient (Wildman–Crippen LogP) is 2.87. The summed E-state index contributed by atoms with van der Waals surface area (Å²) in [6.07, 6.45) is 3.34. The van der Waals surface area contributed by atoms with Gasteiger partial charge >= 0.3 is 0 Å². The van der Waals surface area contributed by atoms with Gasteiger partial charge in [0, 0.05) is 30.4 Å². The maximum atomic E-state index is 12.6. The molecule has 1 aromatic rings. The van der Waals surface area contributed by atoms with Crippen molar-refractivity contribution in [2.45, 2.75) is 53.0 Å². The summed E-state index contributed by atoms with van der Waals surface area (Å²) in [6.45, 7) is 11.3. The number of aromatic nitrogens is 1. The van der Waals surface area contributed by atoms with Crippen molar-refractivity contribution in [2.75, 3.05) is 13.1 Å². The molecule has 0 unspecified atom stereocenters. The molecule has 1 heterocycles. The lowest BCUT2D eigenvalue weighted by Crippen LogP contribution is -2.41. The molecule has 2 amide bonds. The van der Waals surface area contributed by atoms with Crippen molar-refractivity contribution in [3.8, 4) is 0 Å². The quantitative estimate of drug-likeness (QED) is 0.879. The molecule has 0 aliphatic heterocycles. The Labute approximate surface area is 133 Å². The third-order valence-corrected chi connectivity index (χ3v) is 3.00. The fourth-order valence-corrected chi connectivity index (χ4v) is 2.13. The lowest BCUT2D eigenvalue weighted by molar-refractivity contribution is 0.0755. The van der Waals surface area contributed by atoms with Crippen LogP contribution in [-0.2, 0) is 0 Å². The zero-order valence-electron chi connectivity index (χ0n) is 14.3. The number of carbonyl (C=O) groups is 2. The summed E-state index contributed by atoms with van der Waals surface area (Å²) >= 11 is 0. The van der Waals surface area contributed by atoms with Gasteiger partial charge in [-0.05, 0) is 45.7 Å². The Morgan fingerprint density at radius 3 is 2.27 bits per heavy atom. The molecule has 122 valence electrons. The van der Waals surface area contributed by atoms with E-state index in [4.69, 9.17) is 0 Å². The molecule has 5 heteroatoms. The van der Waals surface area contributed by atoms with Crippen LogP contribution in [0.3, 0.4) is 0 Å². The molecule has 0 saturated carbocycles. The molecule has 1 N–H and O–H groups in total. The summed E-state index contributed by atoms with van der Waals surface area (Å²) in [5, 5.41) is 2.85. The monoisotopic (exact) mass is 305 g/mol. The molecule has 5 nitrogen and oxygen atoms in total. The number of nitrogens with zero attached hydrogens (tertiary/aromatic N) is 2. The van der Waals surface area contributed by atoms with Crippen LogP contribution < -0.4 is 5.32 Å². The van der Waals surface area contributed by atoms with Crippen LogP contribution in [0.1, 0.15) is 68.3 Å². The second-order valence-electron chi connectivity index (χ2n) is 6.43. The van der Waals surface area contributed by atoms with E-state index in [-0.39, 0.29) is 23.0 Å². The van der Waals surface area contributed by atoms with Gasteiger partial charge in [-0.25, -0.2) is 0 Å². The van der Waals surface area contributed by atoms with Crippen molar-refractivity contribution in [1.29, 1.82) is 0 Å². The molecule has 0 fully saturated rings. The van der Waals surface area contributed by atoms with Crippen molar-refractivity contribution < 1.29 is 9.59 Å². The maximum absolute atomic E-state index is 12.6. The Bertz CT molecular complexity index is 515. The maximum Gasteiger partial charge on any atom is 0.270 e. The second-order valence-corrected chi connectivity index (χ2v) is 6.43. The molecule has 0 aliphatic rings. The molecule has 0 bridgehead atoms. The Hall–Kier alpha value is -1.91. The van der Waals surface area contributed by atoms with E-state index in [1.165, 1.54) is 6.20 Å². The summed E-state index contributed by atoms with van der Waals surface area (Å²) in [4.78, 5) is 30.6. The average Bonchev–Trinajstić information content (AvgIpc) is 2.44. The zero-order valence-corrected chi connectivity index (χ0v) is 14.3. The SMILES string of the molecule is CCCN(CCC)C(=O)c1ccnc(C(=O)NC(C)(C)C)c1. The molecule has 0 aliphatic carbocycles. The summed E-state index contributed by atoms with van der Waals surface area (Å²) < 4.78 is 0. The van der Waals surface area contributed by atoms with Crippen molar-refractivity contribution in [3.63, 3.8) is 0 Å². The van der Waals surface area contributed by atoms with Crippen molar-refractivity contribution in [2.24, 2.45) is 0 Å². The summed E-state index contributed by atoms with van der Waals surface area (Å²) in [5.74, 6) is -0.310. The summed E-state index contributed by atoms with van der Waals surface area (Å²) in [5.41, 5.74) is 0.444. The van der Waals surface area contributed by atoms with Gasteiger partial charge in [-0.3, -0.25) is 14.6 Å². The molecule has 1 aromatic heterocycles. The third kappa shape index (κ3) is 5.47. The minimum absolute atomic E-state index is 0.0455. The molecule has 0 atom stereocenters. The van der Waals surface area contributed by atoms with E-state index >= 15 is 0 Å². The highest BCUT2D eigenvalue weighted by Crippen LogP contribution is 2.09. The first-order chi connectivity index (χ1) is 10.3. The van der Waals surface area contributed by atoms with Gasteiger partial charge in [0.15, 0.2) is 0 Å². The van der Waals surface area contributed by atoms with Gasteiger partial charge in [0.25, 0.3) is 11.8 Å². The Kier molecular flexibility index (Phi) is 6.53. The highest BCUT2D eigenvalue weighted by molar-refractivity contribution is 5.98. The highest BCUT2D eigenvalue weighted by Gasteiger charge is 2.19. The van der Waals surface area contributed by atoms with E-state index in [1.54, 1.807) is 12.1 Å². The smallest absolute Gasteiger partial charge is 0.270 e. The van der Waals surface area contributed by atoms with Crippen molar-refractivity contribution >= 4 is 11.8 Å². The average molecular weight is 305 g/mol. The summed E-state index contributed by atoms with van der Waals surface area (Å²) in [6, 6.07) is 3.23. The van der Waals surface area contributed by atoms with E-state index in [0.29, 0.717) is 5.56 Å². The van der Waals surface area contributed by atoms with Gasteiger partial charge in [0.05, 0.1) is 0 Å². The van der Waals surface area contributed by atoms with E-state index in [9.17, 15) is 9.59 Å².